The van der Waals surface area contributed by atoms with E-state index in [9.17, 15) is 36.2 Å². The van der Waals surface area contributed by atoms with E-state index in [2.05, 4.69) is 13.8 Å². The van der Waals surface area contributed by atoms with Crippen LogP contribution < -0.4 is 14.6 Å². The number of phenolic OH excluding ortho intramolecular Hbond substituents is 1. The van der Waals surface area contributed by atoms with Crippen LogP contribution in [-0.2, 0) is 33.1 Å². The first kappa shape index (κ1) is 44.3. The summed E-state index contributed by atoms with van der Waals surface area (Å²) >= 11 is 0. The maximum absolute atomic E-state index is 11.9. The van der Waals surface area contributed by atoms with E-state index in [1.165, 1.54) is 42.8 Å². The molecule has 0 aromatic heterocycles. The summed E-state index contributed by atoms with van der Waals surface area (Å²) in [6, 6.07) is 21.4. The van der Waals surface area contributed by atoms with Gasteiger partial charge >= 0.3 is 37.7 Å². The Kier molecular flexibility index (Phi) is 19.4. The second-order valence-corrected chi connectivity index (χ2v) is 14.6. The molecular weight excluding hydrogens is 721 g/mol. The van der Waals surface area contributed by atoms with Crippen LogP contribution in [0.4, 0.5) is 0 Å². The Morgan fingerprint density at radius 1 is 0.588 bits per heavy atom. The number of hydrogen-bond acceptors (Lipinski definition) is 9. The summed E-state index contributed by atoms with van der Waals surface area (Å²) in [5.74, 6) is -0.272. The maximum atomic E-state index is 11.9. The summed E-state index contributed by atoms with van der Waals surface area (Å²) in [7, 11) is -9.14. The molecule has 4 aromatic carbocycles. The predicted octanol–water partition coefficient (Wildman–Crippen LogP) is 8.53. The molecule has 13 heteroatoms. The van der Waals surface area contributed by atoms with Crippen molar-refractivity contribution in [3.8, 4) is 34.5 Å². The first-order valence-corrected chi connectivity index (χ1v) is 19.8. The number of aryl methyl sites for hydroxylation is 2. The Labute approximate surface area is 332 Å². The average Bonchev–Trinajstić information content (AvgIpc) is 3.07. The first-order chi connectivity index (χ1) is 23.9. The molecule has 0 amide bonds. The molecule has 0 spiro atoms. The van der Waals surface area contributed by atoms with Crippen LogP contribution in [0, 0.1) is 0 Å². The van der Waals surface area contributed by atoms with Crippen molar-refractivity contribution in [2.75, 3.05) is 0 Å². The molecule has 0 atom stereocenters. The summed E-state index contributed by atoms with van der Waals surface area (Å²) in [5.41, 5.74) is 1.31. The molecular formula is C38H46CaO10S2. The zero-order valence-corrected chi connectivity index (χ0v) is 33.1. The molecule has 4 aromatic rings. The van der Waals surface area contributed by atoms with Crippen LogP contribution >= 0.6 is 0 Å². The molecule has 0 aliphatic rings. The molecule has 0 fully saturated rings. The van der Waals surface area contributed by atoms with Gasteiger partial charge < -0.3 is 24.2 Å². The molecule has 2 N–H and O–H groups in total. The summed E-state index contributed by atoms with van der Waals surface area (Å²) in [6.07, 6.45) is 11.9. The fraction of sp³-hybridized carbons (Fsp3) is 0.368. The summed E-state index contributed by atoms with van der Waals surface area (Å²) in [6.45, 7) is 4.28. The number of ether oxygens (including phenoxy) is 2. The van der Waals surface area contributed by atoms with E-state index >= 15 is 0 Å². The van der Waals surface area contributed by atoms with Gasteiger partial charge in [0.05, 0.1) is 4.90 Å². The molecule has 0 aliphatic carbocycles. The predicted molar refractivity (Wildman–Crippen MR) is 195 cm³/mol. The summed E-state index contributed by atoms with van der Waals surface area (Å²) < 4.78 is 79.0. The fourth-order valence-electron chi connectivity index (χ4n) is 5.28. The Morgan fingerprint density at radius 3 is 1.53 bits per heavy atom. The summed E-state index contributed by atoms with van der Waals surface area (Å²) in [5, 5.41) is 21.8. The van der Waals surface area contributed by atoms with Gasteiger partial charge in [0.2, 0.25) is 0 Å². The van der Waals surface area contributed by atoms with Gasteiger partial charge in [-0.3, -0.25) is 4.55 Å². The van der Waals surface area contributed by atoms with Gasteiger partial charge in [-0.05, 0) is 67.1 Å². The smallest absolute Gasteiger partial charge is 0.870 e. The molecule has 51 heavy (non-hydrogen) atoms. The topological polar surface area (TPSA) is 173 Å². The van der Waals surface area contributed by atoms with E-state index in [1.54, 1.807) is 48.5 Å². The first-order valence-electron chi connectivity index (χ1n) is 16.9. The van der Waals surface area contributed by atoms with Crippen LogP contribution in [0.5, 0.6) is 34.5 Å². The minimum Gasteiger partial charge on any atom is -0.870 e. The van der Waals surface area contributed by atoms with Crippen LogP contribution in [-0.4, -0.2) is 68.8 Å². The van der Waals surface area contributed by atoms with Crippen LogP contribution in [0.25, 0.3) is 0 Å². The minimum atomic E-state index is -4.71. The average molecular weight is 767 g/mol. The van der Waals surface area contributed by atoms with Crippen molar-refractivity contribution in [1.82, 2.24) is 0 Å². The molecule has 0 radical (unpaired) electrons. The van der Waals surface area contributed by atoms with Gasteiger partial charge in [-0.15, -0.1) is 0 Å². The van der Waals surface area contributed by atoms with Crippen molar-refractivity contribution in [1.29, 1.82) is 0 Å². The quantitative estimate of drug-likeness (QED) is 0.0568. The number of rotatable bonds is 18. The second kappa shape index (κ2) is 22.3. The van der Waals surface area contributed by atoms with Crippen LogP contribution in [0.15, 0.2) is 94.7 Å². The zero-order chi connectivity index (χ0) is 36.6. The number of aromatic hydroxyl groups is 1. The minimum absolute atomic E-state index is 0. The molecule has 0 heterocycles. The third-order valence-electron chi connectivity index (χ3n) is 7.91. The summed E-state index contributed by atoms with van der Waals surface area (Å²) in [4.78, 5) is -0.719. The molecule has 0 unspecified atom stereocenters. The monoisotopic (exact) mass is 766 g/mol. The number of hydrogen-bond donors (Lipinski definition) is 2. The Bertz CT molecular complexity index is 1740. The van der Waals surface area contributed by atoms with E-state index in [1.807, 2.05) is 0 Å². The van der Waals surface area contributed by atoms with Crippen molar-refractivity contribution < 1.29 is 45.6 Å². The molecule has 0 aliphatic heterocycles. The number of benzene rings is 4. The van der Waals surface area contributed by atoms with Gasteiger partial charge in [0.15, 0.2) is 17.2 Å². The van der Waals surface area contributed by atoms with E-state index in [0.717, 1.165) is 57.8 Å². The zero-order valence-electron chi connectivity index (χ0n) is 29.3. The van der Waals surface area contributed by atoms with Crippen molar-refractivity contribution >= 4 is 58.0 Å². The van der Waals surface area contributed by atoms with Crippen LogP contribution in [0.2, 0.25) is 0 Å². The Balaban J connectivity index is 0.000000347. The van der Waals surface area contributed by atoms with Gasteiger partial charge in [0.1, 0.15) is 26.5 Å². The molecule has 0 saturated carbocycles. The van der Waals surface area contributed by atoms with Crippen LogP contribution in [0.3, 0.4) is 0 Å². The number of unbranched alkanes of at least 4 members (excludes halogenated alkanes) is 8. The van der Waals surface area contributed by atoms with Gasteiger partial charge in [0, 0.05) is 0 Å². The standard InChI is InChI=1S/2C19H24O5S.Ca/c2*1-2-3-4-5-6-10-15-11-9-14-18(25(21,22)23)19(15)24-17-13-8-7-12-16(17)20;/h2*7-9,11-14,20H,2-6,10H2,1H3,(H,21,22,23);/q;;+2/p-2. The van der Waals surface area contributed by atoms with E-state index in [4.69, 9.17) is 9.47 Å². The fourth-order valence-corrected chi connectivity index (χ4v) is 6.59. The van der Waals surface area contributed by atoms with E-state index < -0.39 is 25.1 Å². The van der Waals surface area contributed by atoms with Gasteiger partial charge in [-0.1, -0.05) is 126 Å². The number of phenols is 1. The Hall–Kier alpha value is -2.84. The van der Waals surface area contributed by atoms with Crippen LogP contribution in [0.1, 0.15) is 89.2 Å². The third-order valence-corrected chi connectivity index (χ3v) is 9.64. The third kappa shape index (κ3) is 14.6. The maximum Gasteiger partial charge on any atom is 2.00 e. The number of para-hydroxylation sites is 6. The SMILES string of the molecule is CCCCCCCc1cccc(S(=O)(=O)O)c1Oc1ccccc1O.CCCCCCCc1cccc(S(=O)(=O)[O-])c1Oc1ccccc1[O-].[Ca+2]. The Morgan fingerprint density at radius 2 is 1.04 bits per heavy atom. The largest absolute Gasteiger partial charge is 2.00 e. The van der Waals surface area contributed by atoms with E-state index in [0.29, 0.717) is 24.0 Å². The van der Waals surface area contributed by atoms with E-state index in [-0.39, 0.29) is 77.1 Å². The normalized spacial score (nSPS) is 11.2. The second-order valence-electron chi connectivity index (χ2n) is 11.9. The van der Waals surface area contributed by atoms with Crippen molar-refractivity contribution in [3.63, 3.8) is 0 Å². The molecule has 0 bridgehead atoms. The van der Waals surface area contributed by atoms with Crippen molar-refractivity contribution in [3.05, 3.63) is 96.1 Å². The molecule has 10 nitrogen and oxygen atoms in total. The van der Waals surface area contributed by atoms with Gasteiger partial charge in [-0.25, -0.2) is 8.42 Å². The molecule has 4 rings (SSSR count). The molecule has 0 saturated heterocycles. The van der Waals surface area contributed by atoms with Crippen molar-refractivity contribution in [2.45, 2.75) is 101 Å². The van der Waals surface area contributed by atoms with Gasteiger partial charge in [-0.2, -0.15) is 8.42 Å². The molecule has 272 valence electrons. The van der Waals surface area contributed by atoms with Crippen molar-refractivity contribution in [2.24, 2.45) is 0 Å². The van der Waals surface area contributed by atoms with Gasteiger partial charge in [0.25, 0.3) is 10.1 Å².